The molecule has 2 heterocycles. The van der Waals surface area contributed by atoms with Gasteiger partial charge in [0.2, 0.25) is 0 Å². The molecule has 3 rings (SSSR count). The molecule has 7 heteroatoms. The monoisotopic (exact) mass is 362 g/mol. The second-order valence-electron chi connectivity index (χ2n) is 6.57. The Morgan fingerprint density at radius 1 is 1.20 bits per heavy atom. The lowest BCUT2D eigenvalue weighted by molar-refractivity contribution is 0.217. The summed E-state index contributed by atoms with van der Waals surface area (Å²) in [6.07, 6.45) is 7.39. The fourth-order valence-electron chi connectivity index (χ4n) is 3.38. The van der Waals surface area contributed by atoms with Crippen molar-refractivity contribution in [3.8, 4) is 0 Å². The van der Waals surface area contributed by atoms with Crippen molar-refractivity contribution in [1.29, 1.82) is 0 Å². The van der Waals surface area contributed by atoms with E-state index in [-0.39, 0.29) is 6.04 Å². The van der Waals surface area contributed by atoms with Crippen LogP contribution in [0.25, 0.3) is 0 Å². The third-order valence-electron chi connectivity index (χ3n) is 4.76. The van der Waals surface area contributed by atoms with Crippen molar-refractivity contribution in [3.63, 3.8) is 0 Å². The Kier molecular flexibility index (Phi) is 5.88. The predicted octanol–water partition coefficient (Wildman–Crippen LogP) is 2.50. The summed E-state index contributed by atoms with van der Waals surface area (Å²) >= 11 is 0. The lowest BCUT2D eigenvalue weighted by Crippen LogP contribution is -2.49. The van der Waals surface area contributed by atoms with E-state index in [0.29, 0.717) is 13.1 Å². The van der Waals surface area contributed by atoms with Gasteiger partial charge in [0.15, 0.2) is 0 Å². The zero-order chi connectivity index (χ0) is 17.7. The van der Waals surface area contributed by atoms with Crippen LogP contribution in [0.15, 0.2) is 48.8 Å². The third-order valence-corrected chi connectivity index (χ3v) is 6.75. The molecule has 1 aromatic heterocycles. The van der Waals surface area contributed by atoms with Crippen LogP contribution in [0, 0.1) is 0 Å². The van der Waals surface area contributed by atoms with E-state index in [4.69, 9.17) is 0 Å². The summed E-state index contributed by atoms with van der Waals surface area (Å²) in [5.41, 5.74) is 0.999. The van der Waals surface area contributed by atoms with Crippen molar-refractivity contribution in [1.82, 2.24) is 18.4 Å². The van der Waals surface area contributed by atoms with Gasteiger partial charge in [-0.25, -0.2) is 0 Å². The van der Waals surface area contributed by atoms with Crippen LogP contribution >= 0.6 is 0 Å². The van der Waals surface area contributed by atoms with Crippen LogP contribution in [0.2, 0.25) is 0 Å². The van der Waals surface area contributed by atoms with Gasteiger partial charge in [0.05, 0.1) is 0 Å². The van der Waals surface area contributed by atoms with Crippen LogP contribution in [-0.4, -0.2) is 46.4 Å². The minimum absolute atomic E-state index is 0.0428. The Morgan fingerprint density at radius 3 is 2.72 bits per heavy atom. The van der Waals surface area contributed by atoms with E-state index in [0.717, 1.165) is 37.8 Å². The van der Waals surface area contributed by atoms with Crippen LogP contribution < -0.4 is 0 Å². The Balaban J connectivity index is 1.68. The van der Waals surface area contributed by atoms with Gasteiger partial charge in [0.1, 0.15) is 0 Å². The molecular formula is C18H26N4O2S. The van der Waals surface area contributed by atoms with Gasteiger partial charge in [-0.15, -0.1) is 0 Å². The van der Waals surface area contributed by atoms with Gasteiger partial charge < -0.3 is 0 Å². The van der Waals surface area contributed by atoms with Gasteiger partial charge >= 0.3 is 0 Å². The minimum atomic E-state index is -3.46. The zero-order valence-electron chi connectivity index (χ0n) is 14.7. The van der Waals surface area contributed by atoms with E-state index >= 15 is 0 Å². The lowest BCUT2D eigenvalue weighted by Gasteiger charge is -2.37. The minimum Gasteiger partial charge on any atom is -0.273 e. The number of aryl methyl sites for hydroxylation is 1. The summed E-state index contributed by atoms with van der Waals surface area (Å²) in [4.78, 5) is 0. The smallest absolute Gasteiger partial charge is 0.273 e. The topological polar surface area (TPSA) is 58.4 Å². The van der Waals surface area contributed by atoms with Gasteiger partial charge in [-0.3, -0.25) is 4.68 Å². The molecule has 1 fully saturated rings. The third kappa shape index (κ3) is 4.48. The number of benzene rings is 1. The van der Waals surface area contributed by atoms with Crippen LogP contribution in [0.4, 0.5) is 0 Å². The molecule has 0 N–H and O–H groups in total. The number of nitrogens with zero attached hydrogens (tertiary/aromatic N) is 4. The molecule has 25 heavy (non-hydrogen) atoms. The highest BCUT2D eigenvalue weighted by Gasteiger charge is 2.34. The number of rotatable bonds is 7. The second kappa shape index (κ2) is 8.12. The summed E-state index contributed by atoms with van der Waals surface area (Å²) in [5, 5.41) is 4.22. The average Bonchev–Trinajstić information content (AvgIpc) is 3.14. The quantitative estimate of drug-likeness (QED) is 0.760. The van der Waals surface area contributed by atoms with Crippen LogP contribution in [0.5, 0.6) is 0 Å². The molecule has 1 atom stereocenters. The fourth-order valence-corrected chi connectivity index (χ4v) is 5.00. The standard InChI is InChI=1S/C18H26N4O2S/c1-20(16-17-8-3-2-4-9-17)25(23,24)22-14-6-5-10-18(22)11-15-21-13-7-12-19-21/h2-4,7-9,12-13,18H,5-6,10-11,14-16H2,1H3/t18-/m1/s1. The van der Waals surface area contributed by atoms with E-state index in [9.17, 15) is 8.42 Å². The summed E-state index contributed by atoms with van der Waals surface area (Å²) < 4.78 is 31.2. The first kappa shape index (κ1) is 18.1. The van der Waals surface area contributed by atoms with Crippen molar-refractivity contribution in [3.05, 3.63) is 54.4 Å². The van der Waals surface area contributed by atoms with Gasteiger partial charge in [0.25, 0.3) is 10.2 Å². The summed E-state index contributed by atoms with van der Waals surface area (Å²) in [6, 6.07) is 11.7. The number of hydrogen-bond donors (Lipinski definition) is 0. The van der Waals surface area contributed by atoms with Crippen LogP contribution in [-0.2, 0) is 23.3 Å². The molecule has 6 nitrogen and oxygen atoms in total. The molecule has 0 saturated carbocycles. The molecule has 1 aliphatic heterocycles. The highest BCUT2D eigenvalue weighted by Crippen LogP contribution is 2.25. The van der Waals surface area contributed by atoms with Crippen molar-refractivity contribution in [2.24, 2.45) is 0 Å². The number of hydrogen-bond acceptors (Lipinski definition) is 3. The van der Waals surface area contributed by atoms with Crippen molar-refractivity contribution < 1.29 is 8.42 Å². The average molecular weight is 362 g/mol. The van der Waals surface area contributed by atoms with Gasteiger partial charge in [-0.2, -0.15) is 22.1 Å². The van der Waals surface area contributed by atoms with Gasteiger partial charge in [0, 0.05) is 45.1 Å². The van der Waals surface area contributed by atoms with E-state index in [2.05, 4.69) is 5.10 Å². The molecule has 136 valence electrons. The van der Waals surface area contributed by atoms with Crippen molar-refractivity contribution in [2.45, 2.75) is 44.8 Å². The van der Waals surface area contributed by atoms with E-state index in [1.54, 1.807) is 17.5 Å². The first-order chi connectivity index (χ1) is 12.1. The van der Waals surface area contributed by atoms with Gasteiger partial charge in [-0.05, 0) is 30.9 Å². The Bertz CT molecular complexity index is 747. The normalized spacial score (nSPS) is 19.4. The van der Waals surface area contributed by atoms with Crippen molar-refractivity contribution in [2.75, 3.05) is 13.6 Å². The maximum atomic E-state index is 13.1. The molecule has 1 aliphatic rings. The maximum Gasteiger partial charge on any atom is 0.282 e. The van der Waals surface area contributed by atoms with E-state index in [1.807, 2.05) is 47.3 Å². The number of aromatic nitrogens is 2. The molecule has 2 aromatic rings. The predicted molar refractivity (Wildman–Crippen MR) is 98.0 cm³/mol. The SMILES string of the molecule is CN(Cc1ccccc1)S(=O)(=O)N1CCCC[C@@H]1CCn1cccn1. The highest BCUT2D eigenvalue weighted by molar-refractivity contribution is 7.86. The molecule has 0 spiro atoms. The summed E-state index contributed by atoms with van der Waals surface area (Å²) in [5.74, 6) is 0. The fraction of sp³-hybridized carbons (Fsp3) is 0.500. The molecule has 0 radical (unpaired) electrons. The molecule has 0 unspecified atom stereocenters. The summed E-state index contributed by atoms with van der Waals surface area (Å²) in [7, 11) is -1.80. The molecule has 0 aliphatic carbocycles. The number of piperidine rings is 1. The maximum absolute atomic E-state index is 13.1. The second-order valence-corrected chi connectivity index (χ2v) is 8.56. The highest BCUT2D eigenvalue weighted by atomic mass is 32.2. The van der Waals surface area contributed by atoms with E-state index in [1.165, 1.54) is 4.31 Å². The summed E-state index contributed by atoms with van der Waals surface area (Å²) in [6.45, 7) is 1.74. The molecular weight excluding hydrogens is 336 g/mol. The Morgan fingerprint density at radius 2 is 2.00 bits per heavy atom. The molecule has 0 bridgehead atoms. The molecule has 1 saturated heterocycles. The van der Waals surface area contributed by atoms with E-state index < -0.39 is 10.2 Å². The Labute approximate surface area is 150 Å². The molecule has 1 aromatic carbocycles. The lowest BCUT2D eigenvalue weighted by atomic mass is 10.0. The molecule has 0 amide bonds. The van der Waals surface area contributed by atoms with Gasteiger partial charge in [-0.1, -0.05) is 36.8 Å². The van der Waals surface area contributed by atoms with Crippen LogP contribution in [0.3, 0.4) is 0 Å². The largest absolute Gasteiger partial charge is 0.282 e. The Hall–Kier alpha value is -1.70. The first-order valence-corrected chi connectivity index (χ1v) is 10.2. The first-order valence-electron chi connectivity index (χ1n) is 8.82. The zero-order valence-corrected chi connectivity index (χ0v) is 15.5. The van der Waals surface area contributed by atoms with Crippen LogP contribution in [0.1, 0.15) is 31.2 Å². The van der Waals surface area contributed by atoms with Crippen molar-refractivity contribution >= 4 is 10.2 Å².